The largest absolute Gasteiger partial charge is 0.381 e. The van der Waals surface area contributed by atoms with Crippen LogP contribution in [-0.2, 0) is 0 Å². The fraction of sp³-hybridized carbons (Fsp3) is 0. The third-order valence-electron chi connectivity index (χ3n) is 2.21. The molecule has 0 aliphatic carbocycles. The van der Waals surface area contributed by atoms with Gasteiger partial charge in [-0.05, 0) is 0 Å². The van der Waals surface area contributed by atoms with Gasteiger partial charge in [0.25, 0.3) is 0 Å². The minimum atomic E-state index is -0.869. The van der Waals surface area contributed by atoms with Crippen molar-refractivity contribution < 1.29 is 9.85 Å². The van der Waals surface area contributed by atoms with Crippen molar-refractivity contribution in [1.82, 2.24) is 9.97 Å². The Kier molecular flexibility index (Phi) is 2.39. The highest BCUT2D eigenvalue weighted by Gasteiger charge is 2.26. The molecule has 4 N–H and O–H groups in total. The second-order valence-electron chi connectivity index (χ2n) is 3.34. The van der Waals surface area contributed by atoms with Crippen molar-refractivity contribution in [2.24, 2.45) is 0 Å². The van der Waals surface area contributed by atoms with Crippen LogP contribution in [0.4, 0.5) is 23.0 Å². The summed E-state index contributed by atoms with van der Waals surface area (Å²) >= 11 is 0. The Morgan fingerprint density at radius 3 is 1.50 bits per heavy atom. The average Bonchev–Trinajstić information content (AvgIpc) is 2.28. The van der Waals surface area contributed by atoms with Gasteiger partial charge in [0.2, 0.25) is 0 Å². The second-order valence-corrected chi connectivity index (χ2v) is 3.34. The van der Waals surface area contributed by atoms with Crippen LogP contribution in [0.1, 0.15) is 0 Å². The zero-order valence-electron chi connectivity index (χ0n) is 8.73. The van der Waals surface area contributed by atoms with E-state index in [2.05, 4.69) is 9.97 Å². The molecular weight excluding hydrogens is 244 g/mol. The molecule has 18 heavy (non-hydrogen) atoms. The van der Waals surface area contributed by atoms with E-state index < -0.39 is 21.2 Å². The molecule has 1 aromatic heterocycles. The van der Waals surface area contributed by atoms with E-state index in [1.165, 1.54) is 0 Å². The molecule has 0 radical (unpaired) electrons. The van der Waals surface area contributed by atoms with Crippen molar-refractivity contribution in [2.75, 3.05) is 11.5 Å². The van der Waals surface area contributed by atoms with Crippen LogP contribution >= 0.6 is 0 Å². The maximum Gasteiger partial charge on any atom is 0.348 e. The highest BCUT2D eigenvalue weighted by molar-refractivity contribution is 5.85. The molecule has 0 aliphatic heterocycles. The third-order valence-corrected chi connectivity index (χ3v) is 2.21. The van der Waals surface area contributed by atoms with E-state index in [0.29, 0.717) is 0 Å². The van der Waals surface area contributed by atoms with Gasteiger partial charge >= 0.3 is 11.4 Å². The van der Waals surface area contributed by atoms with Crippen LogP contribution in [-0.4, -0.2) is 19.8 Å². The highest BCUT2D eigenvalue weighted by Crippen LogP contribution is 2.31. The number of rotatable bonds is 2. The fourth-order valence-corrected chi connectivity index (χ4v) is 1.40. The van der Waals surface area contributed by atoms with Crippen molar-refractivity contribution in [3.63, 3.8) is 0 Å². The quantitative estimate of drug-likeness (QED) is 0.577. The van der Waals surface area contributed by atoms with Gasteiger partial charge < -0.3 is 11.5 Å². The number of nitro groups is 2. The third kappa shape index (κ3) is 1.71. The number of hydrogen-bond acceptors (Lipinski definition) is 8. The van der Waals surface area contributed by atoms with Gasteiger partial charge in [-0.2, -0.15) is 0 Å². The zero-order valence-corrected chi connectivity index (χ0v) is 8.73. The summed E-state index contributed by atoms with van der Waals surface area (Å²) in [5.41, 5.74) is 9.60. The summed E-state index contributed by atoms with van der Waals surface area (Å²) in [5.74, 6) is -0.184. The van der Waals surface area contributed by atoms with Crippen LogP contribution < -0.4 is 11.5 Å². The van der Waals surface area contributed by atoms with Gasteiger partial charge in [-0.25, -0.2) is 9.97 Å². The summed E-state index contributed by atoms with van der Waals surface area (Å²) in [7, 11) is 0. The molecule has 0 aliphatic rings. The monoisotopic (exact) mass is 250 g/mol. The number of aromatic nitrogens is 2. The molecule has 0 bridgehead atoms. The maximum absolute atomic E-state index is 10.7. The van der Waals surface area contributed by atoms with Crippen molar-refractivity contribution >= 4 is 34.0 Å². The van der Waals surface area contributed by atoms with Gasteiger partial charge in [-0.15, -0.1) is 0 Å². The van der Waals surface area contributed by atoms with Gasteiger partial charge in [-0.3, -0.25) is 20.2 Å². The number of nitro benzene ring substituents is 2. The lowest BCUT2D eigenvalue weighted by Crippen LogP contribution is -2.03. The standard InChI is InChI=1S/C8H6N6O4/c9-7-8(10)12-4-2-6(14(17)18)5(13(15)16)1-3(4)11-7/h1-2H,(H2,9,11)(H2,10,12). The van der Waals surface area contributed by atoms with Crippen molar-refractivity contribution in [3.8, 4) is 0 Å². The van der Waals surface area contributed by atoms with E-state index in [4.69, 9.17) is 11.5 Å². The summed E-state index contributed by atoms with van der Waals surface area (Å²) in [6, 6.07) is 1.88. The number of hydrogen-bond donors (Lipinski definition) is 2. The molecule has 1 aromatic carbocycles. The molecule has 2 rings (SSSR count). The van der Waals surface area contributed by atoms with Crippen molar-refractivity contribution in [1.29, 1.82) is 0 Å². The van der Waals surface area contributed by atoms with Gasteiger partial charge in [0.15, 0.2) is 11.6 Å². The Hall–Kier alpha value is -3.04. The molecule has 10 nitrogen and oxygen atoms in total. The van der Waals surface area contributed by atoms with Crippen molar-refractivity contribution in [2.45, 2.75) is 0 Å². The van der Waals surface area contributed by atoms with E-state index >= 15 is 0 Å². The Balaban J connectivity index is 2.84. The normalized spacial score (nSPS) is 10.4. The molecule has 0 fully saturated rings. The first-order valence-electron chi connectivity index (χ1n) is 4.55. The fourth-order valence-electron chi connectivity index (χ4n) is 1.40. The maximum atomic E-state index is 10.7. The Morgan fingerprint density at radius 1 is 0.889 bits per heavy atom. The zero-order chi connectivity index (χ0) is 13.4. The molecular formula is C8H6N6O4. The Morgan fingerprint density at radius 2 is 1.22 bits per heavy atom. The van der Waals surface area contributed by atoms with Crippen LogP contribution in [0.3, 0.4) is 0 Å². The second kappa shape index (κ2) is 3.76. The SMILES string of the molecule is Nc1nc2cc([N+](=O)[O-])c([N+](=O)[O-])cc2nc1N. The smallest absolute Gasteiger partial charge is 0.348 e. The van der Waals surface area contributed by atoms with Gasteiger partial charge in [-0.1, -0.05) is 0 Å². The molecule has 0 spiro atoms. The first kappa shape index (κ1) is 11.4. The molecule has 0 amide bonds. The number of anilines is 2. The molecule has 0 atom stereocenters. The van der Waals surface area contributed by atoms with Gasteiger partial charge in [0.1, 0.15) is 0 Å². The summed E-state index contributed by atoms with van der Waals surface area (Å²) in [6.07, 6.45) is 0. The average molecular weight is 250 g/mol. The number of fused-ring (bicyclic) bond motifs is 1. The molecule has 0 saturated heterocycles. The Labute approximate surface area is 98.5 Å². The minimum absolute atomic E-state index is 0.0685. The van der Waals surface area contributed by atoms with Gasteiger partial charge in [0.05, 0.1) is 33.0 Å². The first-order chi connectivity index (χ1) is 8.40. The van der Waals surface area contributed by atoms with E-state index in [9.17, 15) is 20.2 Å². The minimum Gasteiger partial charge on any atom is -0.381 e. The Bertz CT molecular complexity index is 626. The van der Waals surface area contributed by atoms with E-state index in [0.717, 1.165) is 12.1 Å². The topological polar surface area (TPSA) is 164 Å². The summed E-state index contributed by atoms with van der Waals surface area (Å²) < 4.78 is 0. The van der Waals surface area contributed by atoms with Crippen LogP contribution in [0.15, 0.2) is 12.1 Å². The van der Waals surface area contributed by atoms with E-state index in [1.807, 2.05) is 0 Å². The molecule has 1 heterocycles. The number of benzene rings is 1. The lowest BCUT2D eigenvalue weighted by Gasteiger charge is -2.02. The predicted octanol–water partition coefficient (Wildman–Crippen LogP) is 0.611. The summed E-state index contributed by atoms with van der Waals surface area (Å²) in [4.78, 5) is 27.3. The molecule has 0 saturated carbocycles. The van der Waals surface area contributed by atoms with Crippen LogP contribution in [0.25, 0.3) is 11.0 Å². The van der Waals surface area contributed by atoms with E-state index in [-0.39, 0.29) is 22.7 Å². The summed E-state index contributed by atoms with van der Waals surface area (Å²) in [5, 5.41) is 21.4. The van der Waals surface area contributed by atoms with E-state index in [1.54, 1.807) is 0 Å². The van der Waals surface area contributed by atoms with Crippen molar-refractivity contribution in [3.05, 3.63) is 32.4 Å². The number of nitrogens with zero attached hydrogens (tertiary/aromatic N) is 4. The first-order valence-corrected chi connectivity index (χ1v) is 4.55. The lowest BCUT2D eigenvalue weighted by molar-refractivity contribution is -0.422. The molecule has 92 valence electrons. The molecule has 10 heteroatoms. The highest BCUT2D eigenvalue weighted by atomic mass is 16.6. The molecule has 0 unspecified atom stereocenters. The number of nitrogens with two attached hydrogens (primary N) is 2. The lowest BCUT2D eigenvalue weighted by atomic mass is 10.2. The summed E-state index contributed by atoms with van der Waals surface area (Å²) in [6.45, 7) is 0. The van der Waals surface area contributed by atoms with Crippen LogP contribution in [0.5, 0.6) is 0 Å². The molecule has 2 aromatic rings. The predicted molar refractivity (Wildman–Crippen MR) is 61.7 cm³/mol. The van der Waals surface area contributed by atoms with Crippen LogP contribution in [0.2, 0.25) is 0 Å². The number of nitrogen functional groups attached to an aromatic ring is 2. The van der Waals surface area contributed by atoms with Crippen LogP contribution in [0, 0.1) is 20.2 Å². The van der Waals surface area contributed by atoms with Gasteiger partial charge in [0, 0.05) is 0 Å².